The third kappa shape index (κ3) is 6.87. The lowest BCUT2D eigenvalue weighted by atomic mass is 10.1. The minimum Gasteiger partial charge on any atom is -0.484 e. The molecule has 2 aromatic carbocycles. The van der Waals surface area contributed by atoms with Gasteiger partial charge in [-0.2, -0.15) is 0 Å². The highest BCUT2D eigenvalue weighted by Crippen LogP contribution is 2.18. The van der Waals surface area contributed by atoms with Gasteiger partial charge in [-0.05, 0) is 49.1 Å². The Balaban J connectivity index is 2.17. The van der Waals surface area contributed by atoms with Gasteiger partial charge in [0.1, 0.15) is 17.6 Å². The number of carbonyl (C=O) groups excluding carboxylic acids is 2. The number of rotatable bonds is 11. The van der Waals surface area contributed by atoms with Crippen LogP contribution in [0.2, 0.25) is 0 Å². The van der Waals surface area contributed by atoms with Crippen molar-refractivity contribution in [3.05, 3.63) is 65.5 Å². The lowest BCUT2D eigenvalue weighted by Crippen LogP contribution is -2.50. The molecule has 0 fully saturated rings. The first kappa shape index (κ1) is 23.4. The first-order valence-electron chi connectivity index (χ1n) is 10.5. The normalized spacial score (nSPS) is 11.6. The minimum atomic E-state index is -0.625. The molecular weight excluding hydrogens is 383 g/mol. The van der Waals surface area contributed by atoms with E-state index in [4.69, 9.17) is 4.74 Å². The summed E-state index contributed by atoms with van der Waals surface area (Å²) in [4.78, 5) is 27.4. The van der Waals surface area contributed by atoms with Crippen molar-refractivity contribution >= 4 is 11.8 Å². The van der Waals surface area contributed by atoms with Crippen molar-refractivity contribution in [3.63, 3.8) is 0 Å². The van der Waals surface area contributed by atoms with Gasteiger partial charge in [-0.1, -0.05) is 50.6 Å². The molecule has 1 atom stereocenters. The van der Waals surface area contributed by atoms with Crippen molar-refractivity contribution in [1.82, 2.24) is 10.2 Å². The summed E-state index contributed by atoms with van der Waals surface area (Å²) in [6.07, 6.45) is 2.32. The maximum Gasteiger partial charge on any atom is 0.261 e. The fraction of sp³-hybridized carbons (Fsp3) is 0.417. The number of halogens is 1. The zero-order valence-corrected chi connectivity index (χ0v) is 18.0. The zero-order chi connectivity index (χ0) is 21.9. The Kier molecular flexibility index (Phi) is 9.32. The summed E-state index contributed by atoms with van der Waals surface area (Å²) in [7, 11) is 0. The third-order valence-electron chi connectivity index (χ3n) is 4.93. The molecule has 0 bridgehead atoms. The molecule has 0 radical (unpaired) electrons. The first-order valence-corrected chi connectivity index (χ1v) is 10.5. The van der Waals surface area contributed by atoms with E-state index in [1.807, 2.05) is 38.1 Å². The van der Waals surface area contributed by atoms with Crippen LogP contribution >= 0.6 is 0 Å². The van der Waals surface area contributed by atoms with Crippen molar-refractivity contribution in [2.24, 2.45) is 0 Å². The van der Waals surface area contributed by atoms with E-state index in [-0.39, 0.29) is 30.8 Å². The van der Waals surface area contributed by atoms with Gasteiger partial charge < -0.3 is 15.0 Å². The first-order chi connectivity index (χ1) is 14.5. The standard InChI is InChI=1S/C24H31FN2O3/c1-4-6-15-26-24(29)21(5-2)27(16-19-11-13-20(25)14-12-19)23(28)17-30-22-10-8-7-9-18(22)3/h7-14,21H,4-6,15-17H2,1-3H3,(H,26,29). The molecule has 1 unspecified atom stereocenters. The molecular formula is C24H31FN2O3. The van der Waals surface area contributed by atoms with Gasteiger partial charge in [0.2, 0.25) is 5.91 Å². The van der Waals surface area contributed by atoms with Crippen molar-refractivity contribution in [3.8, 4) is 5.75 Å². The molecule has 1 N–H and O–H groups in total. The molecule has 2 aromatic rings. The van der Waals surface area contributed by atoms with Crippen LogP contribution in [0, 0.1) is 12.7 Å². The average molecular weight is 415 g/mol. The molecule has 162 valence electrons. The molecule has 0 aromatic heterocycles. The van der Waals surface area contributed by atoms with Gasteiger partial charge in [0.25, 0.3) is 5.91 Å². The van der Waals surface area contributed by atoms with Gasteiger partial charge in [0, 0.05) is 13.1 Å². The summed E-state index contributed by atoms with van der Waals surface area (Å²) in [5.41, 5.74) is 1.68. The Morgan fingerprint density at radius 1 is 1.10 bits per heavy atom. The second-order valence-corrected chi connectivity index (χ2v) is 7.27. The van der Waals surface area contributed by atoms with Crippen molar-refractivity contribution < 1.29 is 18.7 Å². The quantitative estimate of drug-likeness (QED) is 0.560. The Morgan fingerprint density at radius 2 is 1.80 bits per heavy atom. The van der Waals surface area contributed by atoms with E-state index >= 15 is 0 Å². The minimum absolute atomic E-state index is 0.176. The van der Waals surface area contributed by atoms with E-state index < -0.39 is 6.04 Å². The highest BCUT2D eigenvalue weighted by molar-refractivity contribution is 5.88. The van der Waals surface area contributed by atoms with Crippen molar-refractivity contribution in [1.29, 1.82) is 0 Å². The lowest BCUT2D eigenvalue weighted by Gasteiger charge is -2.30. The summed E-state index contributed by atoms with van der Waals surface area (Å²) >= 11 is 0. The van der Waals surface area contributed by atoms with Gasteiger partial charge in [0.05, 0.1) is 0 Å². The number of aryl methyl sites for hydroxylation is 1. The topological polar surface area (TPSA) is 58.6 Å². The van der Waals surface area contributed by atoms with Gasteiger partial charge in [-0.15, -0.1) is 0 Å². The van der Waals surface area contributed by atoms with Crippen LogP contribution in [0.25, 0.3) is 0 Å². The van der Waals surface area contributed by atoms with Crippen LogP contribution in [-0.2, 0) is 16.1 Å². The maximum absolute atomic E-state index is 13.3. The highest BCUT2D eigenvalue weighted by atomic mass is 19.1. The second kappa shape index (κ2) is 12.0. The van der Waals surface area contributed by atoms with E-state index in [1.54, 1.807) is 12.1 Å². The summed E-state index contributed by atoms with van der Waals surface area (Å²) in [6.45, 7) is 6.44. The summed E-state index contributed by atoms with van der Waals surface area (Å²) in [6, 6.07) is 12.8. The number of amides is 2. The van der Waals surface area contributed by atoms with Gasteiger partial charge >= 0.3 is 0 Å². The number of carbonyl (C=O) groups is 2. The van der Waals surface area contributed by atoms with Crippen molar-refractivity contribution in [2.75, 3.05) is 13.2 Å². The lowest BCUT2D eigenvalue weighted by molar-refractivity contribution is -0.143. The molecule has 6 heteroatoms. The smallest absolute Gasteiger partial charge is 0.261 e. The van der Waals surface area contributed by atoms with Crippen LogP contribution in [0.15, 0.2) is 48.5 Å². The van der Waals surface area contributed by atoms with Crippen LogP contribution < -0.4 is 10.1 Å². The third-order valence-corrected chi connectivity index (χ3v) is 4.93. The number of benzene rings is 2. The molecule has 0 aliphatic heterocycles. The van der Waals surface area contributed by atoms with Crippen LogP contribution in [-0.4, -0.2) is 35.9 Å². The molecule has 0 aliphatic carbocycles. The zero-order valence-electron chi connectivity index (χ0n) is 18.0. The highest BCUT2D eigenvalue weighted by Gasteiger charge is 2.28. The Labute approximate surface area is 178 Å². The molecule has 0 heterocycles. The van der Waals surface area contributed by atoms with E-state index in [0.29, 0.717) is 18.7 Å². The SMILES string of the molecule is CCCCNC(=O)C(CC)N(Cc1ccc(F)cc1)C(=O)COc1ccccc1C. The molecule has 2 amide bonds. The molecule has 0 aliphatic rings. The fourth-order valence-electron chi connectivity index (χ4n) is 3.15. The molecule has 5 nitrogen and oxygen atoms in total. The van der Waals surface area contributed by atoms with Gasteiger partial charge in [-0.25, -0.2) is 4.39 Å². The summed E-state index contributed by atoms with van der Waals surface area (Å²) in [5.74, 6) is -0.186. The fourth-order valence-corrected chi connectivity index (χ4v) is 3.15. The number of hydrogen-bond acceptors (Lipinski definition) is 3. The van der Waals surface area contributed by atoms with E-state index in [1.165, 1.54) is 17.0 Å². The molecule has 0 saturated heterocycles. The maximum atomic E-state index is 13.3. The Bertz CT molecular complexity index is 823. The molecule has 0 saturated carbocycles. The van der Waals surface area contributed by atoms with Gasteiger partial charge in [-0.3, -0.25) is 9.59 Å². The molecule has 30 heavy (non-hydrogen) atoms. The van der Waals surface area contributed by atoms with Crippen LogP contribution in [0.3, 0.4) is 0 Å². The molecule has 0 spiro atoms. The van der Waals surface area contributed by atoms with Crippen LogP contribution in [0.5, 0.6) is 5.75 Å². The second-order valence-electron chi connectivity index (χ2n) is 7.27. The number of hydrogen-bond donors (Lipinski definition) is 1. The van der Waals surface area contributed by atoms with Crippen molar-refractivity contribution in [2.45, 2.75) is 52.6 Å². The molecule has 2 rings (SSSR count). The van der Waals surface area contributed by atoms with Crippen LogP contribution in [0.1, 0.15) is 44.2 Å². The van der Waals surface area contributed by atoms with E-state index in [0.717, 1.165) is 24.0 Å². The predicted octanol–water partition coefficient (Wildman–Crippen LogP) is 4.24. The Hall–Kier alpha value is -2.89. The largest absolute Gasteiger partial charge is 0.484 e. The Morgan fingerprint density at radius 3 is 2.43 bits per heavy atom. The van der Waals surface area contributed by atoms with Crippen LogP contribution in [0.4, 0.5) is 4.39 Å². The van der Waals surface area contributed by atoms with E-state index in [2.05, 4.69) is 12.2 Å². The number of para-hydroxylation sites is 1. The number of nitrogens with one attached hydrogen (secondary N) is 1. The predicted molar refractivity (Wildman–Crippen MR) is 116 cm³/mol. The summed E-state index contributed by atoms with van der Waals surface area (Å²) < 4.78 is 19.0. The monoisotopic (exact) mass is 414 g/mol. The summed E-state index contributed by atoms with van der Waals surface area (Å²) in [5, 5.41) is 2.91. The van der Waals surface area contributed by atoms with Gasteiger partial charge in [0.15, 0.2) is 6.61 Å². The average Bonchev–Trinajstić information content (AvgIpc) is 2.74. The number of unbranched alkanes of at least 4 members (excludes halogenated alkanes) is 1. The number of nitrogens with zero attached hydrogens (tertiary/aromatic N) is 1. The number of ether oxygens (including phenoxy) is 1. The van der Waals surface area contributed by atoms with E-state index in [9.17, 15) is 14.0 Å².